The zero-order valence-corrected chi connectivity index (χ0v) is 16.3. The summed E-state index contributed by atoms with van der Waals surface area (Å²) in [5.74, 6) is -2.42. The van der Waals surface area contributed by atoms with Crippen molar-refractivity contribution < 1.29 is 23.9 Å². The number of Topliss-reactive ketones (excluding diaryl/α,β-unsaturated/α-hetero) is 2. The van der Waals surface area contributed by atoms with E-state index in [0.29, 0.717) is 5.56 Å². The van der Waals surface area contributed by atoms with E-state index in [4.69, 9.17) is 4.74 Å². The van der Waals surface area contributed by atoms with Crippen LogP contribution in [0.25, 0.3) is 0 Å². The molecule has 0 spiro atoms. The highest BCUT2D eigenvalue weighted by molar-refractivity contribution is 6.34. The molecule has 1 aliphatic carbocycles. The van der Waals surface area contributed by atoms with Gasteiger partial charge in [-0.05, 0) is 12.5 Å². The lowest BCUT2D eigenvalue weighted by Gasteiger charge is -2.28. The average molecular weight is 389 g/mol. The Morgan fingerprint density at radius 2 is 1.55 bits per heavy atom. The second-order valence-corrected chi connectivity index (χ2v) is 7.35. The molecule has 6 heteroatoms. The molecule has 1 amide bonds. The molecule has 29 heavy (non-hydrogen) atoms. The molecule has 0 radical (unpaired) electrons. The van der Waals surface area contributed by atoms with Crippen molar-refractivity contribution in [2.75, 3.05) is 14.2 Å². The predicted molar refractivity (Wildman–Crippen MR) is 104 cm³/mol. The minimum absolute atomic E-state index is 0.0452. The number of ether oxygens (including phenoxy) is 1. The Morgan fingerprint density at radius 3 is 2.14 bits per heavy atom. The highest BCUT2D eigenvalue weighted by Crippen LogP contribution is 2.48. The van der Waals surface area contributed by atoms with E-state index in [-0.39, 0.29) is 28.8 Å². The van der Waals surface area contributed by atoms with Crippen molar-refractivity contribution >= 4 is 23.4 Å². The van der Waals surface area contributed by atoms with Crippen LogP contribution in [0, 0.1) is 12.3 Å². The molecular weight excluding hydrogens is 370 g/mol. The van der Waals surface area contributed by atoms with Crippen molar-refractivity contribution in [1.29, 1.82) is 0 Å². The zero-order chi connectivity index (χ0) is 20.9. The minimum atomic E-state index is -1.89. The van der Waals surface area contributed by atoms with Gasteiger partial charge >= 0.3 is 5.97 Å². The van der Waals surface area contributed by atoms with Gasteiger partial charge < -0.3 is 9.64 Å². The molecule has 0 saturated heterocycles. The predicted octanol–water partition coefficient (Wildman–Crippen LogP) is 2.50. The third kappa shape index (κ3) is 2.49. The fraction of sp³-hybridized carbons (Fsp3) is 0.217. The maximum Gasteiger partial charge on any atom is 0.326 e. The van der Waals surface area contributed by atoms with Gasteiger partial charge in [-0.15, -0.1) is 0 Å². The summed E-state index contributed by atoms with van der Waals surface area (Å²) < 4.78 is 4.99. The minimum Gasteiger partial charge on any atom is -0.468 e. The second-order valence-electron chi connectivity index (χ2n) is 7.35. The number of aryl methyl sites for hydroxylation is 1. The highest BCUT2D eigenvalue weighted by atomic mass is 16.5. The Balaban J connectivity index is 1.97. The van der Waals surface area contributed by atoms with Crippen molar-refractivity contribution in [1.82, 2.24) is 4.90 Å². The number of hydrogen-bond donors (Lipinski definition) is 0. The van der Waals surface area contributed by atoms with Crippen LogP contribution in [0.3, 0.4) is 0 Å². The fourth-order valence-electron chi connectivity index (χ4n) is 4.19. The summed E-state index contributed by atoms with van der Waals surface area (Å²) in [6, 6.07) is 13.7. The molecule has 1 unspecified atom stereocenters. The van der Waals surface area contributed by atoms with E-state index < -0.39 is 28.9 Å². The van der Waals surface area contributed by atoms with Gasteiger partial charge in [0.15, 0.2) is 11.2 Å². The number of benzene rings is 2. The van der Waals surface area contributed by atoms with Crippen molar-refractivity contribution in [2.24, 2.45) is 5.41 Å². The van der Waals surface area contributed by atoms with Crippen LogP contribution >= 0.6 is 0 Å². The topological polar surface area (TPSA) is 80.8 Å². The van der Waals surface area contributed by atoms with Crippen molar-refractivity contribution in [3.8, 4) is 0 Å². The first kappa shape index (κ1) is 18.8. The number of nitrogens with zero attached hydrogens (tertiary/aromatic N) is 1. The van der Waals surface area contributed by atoms with Crippen molar-refractivity contribution in [3.63, 3.8) is 0 Å². The van der Waals surface area contributed by atoms with Gasteiger partial charge in [0.05, 0.1) is 12.7 Å². The normalized spacial score (nSPS) is 20.7. The van der Waals surface area contributed by atoms with Gasteiger partial charge in [-0.2, -0.15) is 0 Å². The summed E-state index contributed by atoms with van der Waals surface area (Å²) in [6.07, 6.45) is -0.0663. The Labute approximate surface area is 167 Å². The Kier molecular flexibility index (Phi) is 4.22. The van der Waals surface area contributed by atoms with Crippen LogP contribution in [0.2, 0.25) is 0 Å². The molecule has 0 bridgehead atoms. The van der Waals surface area contributed by atoms with E-state index in [1.807, 2.05) is 19.1 Å². The Bertz CT molecular complexity index is 1110. The molecule has 1 heterocycles. The third-order valence-electron chi connectivity index (χ3n) is 5.65. The highest BCUT2D eigenvalue weighted by Gasteiger charge is 2.62. The smallest absolute Gasteiger partial charge is 0.326 e. The van der Waals surface area contributed by atoms with Crippen LogP contribution in [0.4, 0.5) is 0 Å². The Morgan fingerprint density at radius 1 is 0.966 bits per heavy atom. The first-order valence-corrected chi connectivity index (χ1v) is 9.18. The number of allylic oxidation sites excluding steroid dienone is 1. The monoisotopic (exact) mass is 389 g/mol. The van der Waals surface area contributed by atoms with Gasteiger partial charge in [-0.25, -0.2) is 0 Å². The lowest BCUT2D eigenvalue weighted by Crippen LogP contribution is -2.46. The second kappa shape index (κ2) is 6.51. The van der Waals surface area contributed by atoms with Gasteiger partial charge in [-0.3, -0.25) is 19.2 Å². The molecule has 4 rings (SSSR count). The van der Waals surface area contributed by atoms with E-state index in [1.165, 1.54) is 20.2 Å². The molecule has 0 aromatic heterocycles. The maximum atomic E-state index is 13.4. The summed E-state index contributed by atoms with van der Waals surface area (Å²) in [4.78, 5) is 54.1. The number of carbonyl (C=O) groups excluding carboxylic acids is 4. The van der Waals surface area contributed by atoms with Crippen LogP contribution in [0.5, 0.6) is 0 Å². The number of esters is 1. The molecule has 1 aliphatic heterocycles. The molecule has 1 atom stereocenters. The standard InChI is InChI=1S/C23H19NO5/c1-13-8-10-14(11-9-13)12-23(22(28)29-3)17-18(24(2)21(23)27)20(26)16-7-5-4-6-15(16)19(17)25/h4-11H,12H2,1-3H3. The van der Waals surface area contributed by atoms with Gasteiger partial charge in [-0.1, -0.05) is 54.1 Å². The number of ketones is 2. The van der Waals surface area contributed by atoms with Crippen LogP contribution < -0.4 is 0 Å². The summed E-state index contributed by atoms with van der Waals surface area (Å²) in [5.41, 5.74) is 0.0961. The van der Waals surface area contributed by atoms with Crippen LogP contribution in [0.1, 0.15) is 31.8 Å². The third-order valence-corrected chi connectivity index (χ3v) is 5.65. The van der Waals surface area contributed by atoms with Crippen LogP contribution in [-0.4, -0.2) is 42.5 Å². The lowest BCUT2D eigenvalue weighted by atomic mass is 9.70. The molecule has 6 nitrogen and oxygen atoms in total. The summed E-state index contributed by atoms with van der Waals surface area (Å²) in [5, 5.41) is 0. The molecule has 2 aromatic carbocycles. The van der Waals surface area contributed by atoms with Gasteiger partial charge in [0.25, 0.3) is 0 Å². The number of carbonyl (C=O) groups is 4. The van der Waals surface area contributed by atoms with E-state index in [1.54, 1.807) is 30.3 Å². The fourth-order valence-corrected chi connectivity index (χ4v) is 4.19. The molecule has 2 aliphatic rings. The largest absolute Gasteiger partial charge is 0.468 e. The van der Waals surface area contributed by atoms with Crippen molar-refractivity contribution in [2.45, 2.75) is 13.3 Å². The molecule has 2 aromatic rings. The summed E-state index contributed by atoms with van der Waals surface area (Å²) >= 11 is 0. The SMILES string of the molecule is COC(=O)C1(Cc2ccc(C)cc2)C(=O)N(C)C2=C1C(=O)c1ccccc1C2=O. The maximum absolute atomic E-state index is 13.4. The van der Waals surface area contributed by atoms with Crippen molar-refractivity contribution in [3.05, 3.63) is 82.1 Å². The number of methoxy groups -OCH3 is 1. The average Bonchev–Trinajstić information content (AvgIpc) is 2.96. The number of hydrogen-bond acceptors (Lipinski definition) is 5. The molecule has 0 N–H and O–H groups in total. The zero-order valence-electron chi connectivity index (χ0n) is 16.3. The summed E-state index contributed by atoms with van der Waals surface area (Å²) in [6.45, 7) is 1.93. The van der Waals surface area contributed by atoms with E-state index in [9.17, 15) is 19.2 Å². The Hall–Kier alpha value is -3.54. The number of rotatable bonds is 3. The molecule has 146 valence electrons. The van der Waals surface area contributed by atoms with E-state index in [0.717, 1.165) is 10.5 Å². The summed E-state index contributed by atoms with van der Waals surface area (Å²) in [7, 11) is 2.59. The molecular formula is C23H19NO5. The quantitative estimate of drug-likeness (QED) is 0.595. The van der Waals surface area contributed by atoms with Gasteiger partial charge in [0.1, 0.15) is 5.70 Å². The van der Waals surface area contributed by atoms with Crippen LogP contribution in [0.15, 0.2) is 59.8 Å². The number of amides is 1. The van der Waals surface area contributed by atoms with Gasteiger partial charge in [0.2, 0.25) is 11.7 Å². The van der Waals surface area contributed by atoms with Gasteiger partial charge in [0, 0.05) is 24.6 Å². The number of fused-ring (bicyclic) bond motifs is 1. The van der Waals surface area contributed by atoms with E-state index >= 15 is 0 Å². The van der Waals surface area contributed by atoms with E-state index in [2.05, 4.69) is 0 Å². The first-order chi connectivity index (χ1) is 13.8. The lowest BCUT2D eigenvalue weighted by molar-refractivity contribution is -0.157. The first-order valence-electron chi connectivity index (χ1n) is 9.18. The number of likely N-dealkylation sites (N-methyl/N-ethyl adjacent to an activating group) is 1. The van der Waals surface area contributed by atoms with Crippen LogP contribution in [-0.2, 0) is 20.7 Å². The molecule has 0 fully saturated rings. The molecule has 0 saturated carbocycles.